The summed E-state index contributed by atoms with van der Waals surface area (Å²) < 4.78 is 24.2. The van der Waals surface area contributed by atoms with Gasteiger partial charge in [-0.1, -0.05) is 33.6 Å². The van der Waals surface area contributed by atoms with E-state index in [4.69, 9.17) is 18.9 Å². The lowest BCUT2D eigenvalue weighted by Crippen LogP contribution is -2.42. The second-order valence-corrected chi connectivity index (χ2v) is 11.7. The van der Waals surface area contributed by atoms with Crippen LogP contribution >= 0.6 is 0 Å². The number of carbonyl (C=O) groups excluding carboxylic acids is 4. The monoisotopic (exact) mass is 638 g/mol. The number of rotatable bonds is 28. The highest BCUT2D eigenvalue weighted by Crippen LogP contribution is 2.21. The number of hydrogen-bond donors (Lipinski definition) is 4. The minimum atomic E-state index is -0.649. The molecule has 0 fully saturated rings. The molecule has 0 unspecified atom stereocenters. The lowest BCUT2D eigenvalue weighted by Gasteiger charge is -2.33. The predicted octanol–water partition coefficient (Wildman–Crippen LogP) is 2.45. The van der Waals surface area contributed by atoms with Crippen LogP contribution in [0.15, 0.2) is 36.5 Å². The molecule has 0 aliphatic rings. The van der Waals surface area contributed by atoms with E-state index < -0.39 is 5.41 Å². The first-order valence-corrected chi connectivity index (χ1v) is 15.7. The molecule has 0 atom stereocenters. The van der Waals surface area contributed by atoms with Crippen LogP contribution in [0.3, 0.4) is 0 Å². The third kappa shape index (κ3) is 22.1. The Kier molecular flexibility index (Phi) is 23.5. The molecule has 0 rings (SSSR count). The van der Waals surface area contributed by atoms with Crippen molar-refractivity contribution in [2.45, 2.75) is 60.3 Å². The highest BCUT2D eigenvalue weighted by atomic mass is 16.5. The van der Waals surface area contributed by atoms with E-state index in [0.717, 1.165) is 0 Å². The molecule has 0 aromatic carbocycles. The molecule has 0 aliphatic carbocycles. The number of ether oxygens (including phenoxy) is 4. The largest absolute Gasteiger partial charge is 0.381 e. The predicted molar refractivity (Wildman–Crippen MR) is 175 cm³/mol. The average molecular weight is 639 g/mol. The lowest BCUT2D eigenvalue weighted by molar-refractivity contribution is -0.124. The van der Waals surface area contributed by atoms with Gasteiger partial charge in [0.1, 0.15) is 0 Å². The smallest absolute Gasteiger partial charge is 0.246 e. The summed E-state index contributed by atoms with van der Waals surface area (Å²) in [5.74, 6) is -0.658. The minimum Gasteiger partial charge on any atom is -0.381 e. The maximum atomic E-state index is 11.8. The van der Waals surface area contributed by atoms with Crippen LogP contribution in [0.4, 0.5) is 0 Å². The molecule has 0 aromatic heterocycles. The van der Waals surface area contributed by atoms with Gasteiger partial charge in [-0.05, 0) is 46.5 Å². The van der Waals surface area contributed by atoms with E-state index in [1.165, 1.54) is 0 Å². The third-order valence-electron chi connectivity index (χ3n) is 6.34. The van der Waals surface area contributed by atoms with Crippen molar-refractivity contribution in [3.63, 3.8) is 0 Å². The van der Waals surface area contributed by atoms with Gasteiger partial charge >= 0.3 is 0 Å². The van der Waals surface area contributed by atoms with E-state index in [1.807, 2.05) is 13.8 Å². The van der Waals surface area contributed by atoms with Crippen LogP contribution in [0, 0.1) is 11.3 Å². The molecule has 0 aromatic rings. The Morgan fingerprint density at radius 2 is 0.800 bits per heavy atom. The first kappa shape index (κ1) is 41.9. The second kappa shape index (κ2) is 25.2. The van der Waals surface area contributed by atoms with Crippen molar-refractivity contribution < 1.29 is 38.1 Å². The fourth-order valence-electron chi connectivity index (χ4n) is 3.58. The summed E-state index contributed by atoms with van der Waals surface area (Å²) >= 11 is 0. The lowest BCUT2D eigenvalue weighted by atomic mass is 9.92. The summed E-state index contributed by atoms with van der Waals surface area (Å²) in [5.41, 5.74) is 0.694. The molecular formula is C33H58N4O8. The molecule has 0 spiro atoms. The van der Waals surface area contributed by atoms with Crippen molar-refractivity contribution in [1.82, 2.24) is 21.3 Å². The van der Waals surface area contributed by atoms with E-state index in [-0.39, 0.29) is 56.0 Å². The van der Waals surface area contributed by atoms with Crippen LogP contribution in [0.1, 0.15) is 60.3 Å². The van der Waals surface area contributed by atoms with Crippen LogP contribution < -0.4 is 21.3 Å². The number of hydrogen-bond acceptors (Lipinski definition) is 8. The van der Waals surface area contributed by atoms with E-state index >= 15 is 0 Å². The number of amides is 4. The zero-order chi connectivity index (χ0) is 34.1. The van der Waals surface area contributed by atoms with Crippen LogP contribution in [-0.2, 0) is 38.1 Å². The standard InChI is InChI=1S/C33H58N4O8/c1-25(2)29(38)34-13-9-17-42-21-33(22-43-18-10-14-35-30(39)26(3)4,23-44-19-11-15-36-31(40)27(5)6)24-45-20-12-16-37-32(41)28(7)8/h28H,1,3,5,9-24H2,2,4,6-8H3,(H,34,38)(H,35,39)(H,36,40)(H,37,41). The molecule has 0 saturated carbocycles. The van der Waals surface area contributed by atoms with Crippen molar-refractivity contribution in [2.75, 3.05) is 79.0 Å². The Hall–Kier alpha value is -3.06. The van der Waals surface area contributed by atoms with Gasteiger partial charge in [0.25, 0.3) is 0 Å². The average Bonchev–Trinajstić information content (AvgIpc) is 2.98. The first-order chi connectivity index (χ1) is 21.3. The van der Waals surface area contributed by atoms with Crippen molar-refractivity contribution in [1.29, 1.82) is 0 Å². The van der Waals surface area contributed by atoms with Gasteiger partial charge in [0.2, 0.25) is 23.6 Å². The molecule has 0 saturated heterocycles. The molecule has 0 bridgehead atoms. The SMILES string of the molecule is C=C(C)C(=O)NCCCOCC(COCCCNC(=O)C(=C)C)(COCCCNC(=O)C(=C)C)COCCCNC(=O)C(C)C. The first-order valence-electron chi connectivity index (χ1n) is 15.7. The molecule has 4 N–H and O–H groups in total. The zero-order valence-corrected chi connectivity index (χ0v) is 28.3. The van der Waals surface area contributed by atoms with Gasteiger partial charge in [-0.2, -0.15) is 0 Å². The molecule has 0 aliphatic heterocycles. The highest BCUT2D eigenvalue weighted by Gasteiger charge is 2.32. The van der Waals surface area contributed by atoms with E-state index in [1.54, 1.807) is 20.8 Å². The minimum absolute atomic E-state index is 0.00197. The van der Waals surface area contributed by atoms with Crippen molar-refractivity contribution >= 4 is 23.6 Å². The normalized spacial score (nSPS) is 11.2. The maximum Gasteiger partial charge on any atom is 0.246 e. The molecule has 4 amide bonds. The zero-order valence-electron chi connectivity index (χ0n) is 28.3. The fourth-order valence-corrected chi connectivity index (χ4v) is 3.58. The molecule has 12 nitrogen and oxygen atoms in total. The van der Waals surface area contributed by atoms with Crippen molar-refractivity contribution in [3.05, 3.63) is 36.5 Å². The van der Waals surface area contributed by atoms with Gasteiger partial charge in [0.15, 0.2) is 0 Å². The summed E-state index contributed by atoms with van der Waals surface area (Å²) in [6, 6.07) is 0. The number of nitrogens with one attached hydrogen (secondary N) is 4. The van der Waals surface area contributed by atoms with E-state index in [2.05, 4.69) is 41.0 Å². The van der Waals surface area contributed by atoms with Crippen LogP contribution in [0.5, 0.6) is 0 Å². The number of carbonyl (C=O) groups is 4. The molecular weight excluding hydrogens is 580 g/mol. The van der Waals surface area contributed by atoms with E-state index in [0.29, 0.717) is 95.0 Å². The molecule has 12 heteroatoms. The Morgan fingerprint density at radius 1 is 0.533 bits per heavy atom. The fraction of sp³-hybridized carbons (Fsp3) is 0.697. The quantitative estimate of drug-likeness (QED) is 0.0753. The third-order valence-corrected chi connectivity index (χ3v) is 6.34. The Bertz CT molecular complexity index is 858. The molecule has 258 valence electrons. The molecule has 45 heavy (non-hydrogen) atoms. The Balaban J connectivity index is 5.22. The highest BCUT2D eigenvalue weighted by molar-refractivity contribution is 5.92. The van der Waals surface area contributed by atoms with Crippen LogP contribution in [0.25, 0.3) is 0 Å². The summed E-state index contributed by atoms with van der Waals surface area (Å²) in [6.45, 7) is 24.2. The van der Waals surface area contributed by atoms with E-state index in [9.17, 15) is 19.2 Å². The van der Waals surface area contributed by atoms with Gasteiger partial charge in [-0.3, -0.25) is 19.2 Å². The second-order valence-electron chi connectivity index (χ2n) is 11.7. The summed E-state index contributed by atoms with van der Waals surface area (Å²) in [5, 5.41) is 11.3. The topological polar surface area (TPSA) is 153 Å². The van der Waals surface area contributed by atoms with Gasteiger partial charge < -0.3 is 40.2 Å². The molecule has 0 radical (unpaired) electrons. The van der Waals surface area contributed by atoms with Crippen LogP contribution in [-0.4, -0.2) is 103 Å². The summed E-state index contributed by atoms with van der Waals surface area (Å²) in [7, 11) is 0. The Morgan fingerprint density at radius 3 is 1.04 bits per heavy atom. The maximum absolute atomic E-state index is 11.8. The van der Waals surface area contributed by atoms with Gasteiger partial charge in [0.05, 0.1) is 31.8 Å². The van der Waals surface area contributed by atoms with Crippen LogP contribution in [0.2, 0.25) is 0 Å². The van der Waals surface area contributed by atoms with Crippen molar-refractivity contribution in [2.24, 2.45) is 11.3 Å². The van der Waals surface area contributed by atoms with Gasteiger partial charge in [0, 0.05) is 75.2 Å². The molecule has 0 heterocycles. The van der Waals surface area contributed by atoms with Gasteiger partial charge in [-0.15, -0.1) is 0 Å². The summed E-state index contributed by atoms with van der Waals surface area (Å²) in [6.07, 6.45) is 2.47. The summed E-state index contributed by atoms with van der Waals surface area (Å²) in [4.78, 5) is 47.1. The van der Waals surface area contributed by atoms with Crippen molar-refractivity contribution in [3.8, 4) is 0 Å². The Labute approximate surface area is 270 Å². The van der Waals surface area contributed by atoms with Gasteiger partial charge in [-0.25, -0.2) is 0 Å².